The molecule has 3 aromatic rings. The van der Waals surface area contributed by atoms with E-state index in [2.05, 4.69) is 21.2 Å². The molecule has 0 radical (unpaired) electrons. The van der Waals surface area contributed by atoms with Crippen LogP contribution in [-0.2, 0) is 9.59 Å². The van der Waals surface area contributed by atoms with Crippen molar-refractivity contribution in [1.29, 1.82) is 0 Å². The van der Waals surface area contributed by atoms with Gasteiger partial charge in [0, 0.05) is 58.6 Å². The van der Waals surface area contributed by atoms with E-state index < -0.39 is 5.92 Å². The molecular formula is C30H29BrClN3O4. The predicted octanol–water partition coefficient (Wildman–Crippen LogP) is 6.12. The summed E-state index contributed by atoms with van der Waals surface area (Å²) in [4.78, 5) is 42.0. The van der Waals surface area contributed by atoms with Gasteiger partial charge in [-0.2, -0.15) is 0 Å². The molecule has 202 valence electrons. The molecule has 7 nitrogen and oxygen atoms in total. The number of amides is 3. The smallest absolute Gasteiger partial charge is 0.253 e. The van der Waals surface area contributed by atoms with E-state index in [1.807, 2.05) is 47.4 Å². The van der Waals surface area contributed by atoms with Crippen LogP contribution < -0.4 is 15.0 Å². The Bertz CT molecular complexity index is 1370. The molecule has 2 saturated heterocycles. The number of halogens is 2. The second-order valence-electron chi connectivity index (χ2n) is 9.94. The lowest BCUT2D eigenvalue weighted by molar-refractivity contribution is -0.122. The van der Waals surface area contributed by atoms with Crippen LogP contribution in [0.3, 0.4) is 0 Å². The Kier molecular flexibility index (Phi) is 8.23. The number of rotatable bonds is 6. The van der Waals surface area contributed by atoms with Crippen molar-refractivity contribution < 1.29 is 19.1 Å². The molecule has 2 fully saturated rings. The number of piperidine rings is 1. The van der Waals surface area contributed by atoms with E-state index in [0.717, 1.165) is 23.0 Å². The first kappa shape index (κ1) is 27.2. The highest BCUT2D eigenvalue weighted by atomic mass is 79.9. The zero-order valence-electron chi connectivity index (χ0n) is 21.5. The minimum atomic E-state index is -0.426. The van der Waals surface area contributed by atoms with Crippen molar-refractivity contribution in [2.75, 3.05) is 37.0 Å². The zero-order valence-corrected chi connectivity index (χ0v) is 23.9. The van der Waals surface area contributed by atoms with Gasteiger partial charge < -0.3 is 19.9 Å². The maximum Gasteiger partial charge on any atom is 0.253 e. The molecule has 39 heavy (non-hydrogen) atoms. The van der Waals surface area contributed by atoms with Gasteiger partial charge in [-0.25, -0.2) is 0 Å². The minimum Gasteiger partial charge on any atom is -0.497 e. The summed E-state index contributed by atoms with van der Waals surface area (Å²) in [6, 6.07) is 20.4. The molecule has 9 heteroatoms. The highest BCUT2D eigenvalue weighted by molar-refractivity contribution is 9.10. The summed E-state index contributed by atoms with van der Waals surface area (Å²) < 4.78 is 6.04. The SMILES string of the molecule is COc1cccc(N2CC(C(=O)Nc3ccc(C4CCN(C(=O)c5cc(Cl)cc(Br)c5)CC4)cc3)CC2=O)c1. The first-order valence-corrected chi connectivity index (χ1v) is 14.1. The number of hydrogen-bond acceptors (Lipinski definition) is 4. The molecule has 5 rings (SSSR count). The molecule has 2 heterocycles. The van der Waals surface area contributed by atoms with Gasteiger partial charge in [0.05, 0.1) is 13.0 Å². The predicted molar refractivity (Wildman–Crippen MR) is 156 cm³/mol. The number of likely N-dealkylation sites (tertiary alicyclic amines) is 1. The van der Waals surface area contributed by atoms with Gasteiger partial charge in [0.2, 0.25) is 11.8 Å². The molecule has 2 aliphatic heterocycles. The monoisotopic (exact) mass is 609 g/mol. The summed E-state index contributed by atoms with van der Waals surface area (Å²) in [5.41, 5.74) is 3.21. The first-order chi connectivity index (χ1) is 18.8. The fourth-order valence-electron chi connectivity index (χ4n) is 5.27. The van der Waals surface area contributed by atoms with Crippen molar-refractivity contribution in [3.63, 3.8) is 0 Å². The molecule has 3 amide bonds. The Morgan fingerprint density at radius 3 is 2.46 bits per heavy atom. The number of anilines is 2. The zero-order chi connectivity index (χ0) is 27.5. The summed E-state index contributed by atoms with van der Waals surface area (Å²) in [7, 11) is 1.58. The maximum atomic E-state index is 12.9. The van der Waals surface area contributed by atoms with Crippen LogP contribution in [0, 0.1) is 5.92 Å². The summed E-state index contributed by atoms with van der Waals surface area (Å²) >= 11 is 9.52. The van der Waals surface area contributed by atoms with Crippen molar-refractivity contribution in [3.05, 3.63) is 87.4 Å². The molecule has 0 bridgehead atoms. The molecule has 0 aromatic heterocycles. The van der Waals surface area contributed by atoms with Crippen LogP contribution >= 0.6 is 27.5 Å². The van der Waals surface area contributed by atoms with Gasteiger partial charge in [-0.3, -0.25) is 14.4 Å². The van der Waals surface area contributed by atoms with Gasteiger partial charge in [0.15, 0.2) is 0 Å². The topological polar surface area (TPSA) is 79.0 Å². The van der Waals surface area contributed by atoms with Gasteiger partial charge in [0.25, 0.3) is 5.91 Å². The Balaban J connectivity index is 1.14. The van der Waals surface area contributed by atoms with E-state index in [4.69, 9.17) is 16.3 Å². The van der Waals surface area contributed by atoms with Gasteiger partial charge >= 0.3 is 0 Å². The minimum absolute atomic E-state index is 0.00919. The molecular weight excluding hydrogens is 582 g/mol. The number of benzene rings is 3. The number of methoxy groups -OCH3 is 1. The van der Waals surface area contributed by atoms with Crippen LogP contribution in [0.15, 0.2) is 71.2 Å². The Morgan fingerprint density at radius 1 is 1.03 bits per heavy atom. The molecule has 1 N–H and O–H groups in total. The molecule has 3 aromatic carbocycles. The summed E-state index contributed by atoms with van der Waals surface area (Å²) in [5.74, 6) is 0.330. The van der Waals surface area contributed by atoms with E-state index in [1.54, 1.807) is 36.3 Å². The number of nitrogens with one attached hydrogen (secondary N) is 1. The van der Waals surface area contributed by atoms with Crippen LogP contribution in [0.5, 0.6) is 5.75 Å². The quantitative estimate of drug-likeness (QED) is 0.365. The van der Waals surface area contributed by atoms with E-state index >= 15 is 0 Å². The highest BCUT2D eigenvalue weighted by Crippen LogP contribution is 2.31. The second-order valence-corrected chi connectivity index (χ2v) is 11.3. The Labute approximate surface area is 241 Å². The number of nitrogens with zero attached hydrogens (tertiary/aromatic N) is 2. The number of ether oxygens (including phenoxy) is 1. The fourth-order valence-corrected chi connectivity index (χ4v) is 6.13. The van der Waals surface area contributed by atoms with Crippen LogP contribution in [-0.4, -0.2) is 49.4 Å². The highest BCUT2D eigenvalue weighted by Gasteiger charge is 2.35. The van der Waals surface area contributed by atoms with E-state index in [0.29, 0.717) is 47.6 Å². The van der Waals surface area contributed by atoms with E-state index in [1.165, 1.54) is 5.56 Å². The summed E-state index contributed by atoms with van der Waals surface area (Å²) in [6.07, 6.45) is 1.90. The van der Waals surface area contributed by atoms with Crippen LogP contribution in [0.1, 0.15) is 41.1 Å². The van der Waals surface area contributed by atoms with Gasteiger partial charge in [0.1, 0.15) is 5.75 Å². The summed E-state index contributed by atoms with van der Waals surface area (Å²) in [5, 5.41) is 3.50. The Hall–Kier alpha value is -3.36. The van der Waals surface area contributed by atoms with Crippen molar-refractivity contribution >= 4 is 56.6 Å². The van der Waals surface area contributed by atoms with Gasteiger partial charge in [-0.05, 0) is 66.8 Å². The lowest BCUT2D eigenvalue weighted by Crippen LogP contribution is -2.37. The van der Waals surface area contributed by atoms with E-state index in [-0.39, 0.29) is 24.1 Å². The van der Waals surface area contributed by atoms with Crippen LogP contribution in [0.25, 0.3) is 0 Å². The van der Waals surface area contributed by atoms with Crippen molar-refractivity contribution in [2.24, 2.45) is 5.92 Å². The van der Waals surface area contributed by atoms with E-state index in [9.17, 15) is 14.4 Å². The van der Waals surface area contributed by atoms with Crippen molar-refractivity contribution in [2.45, 2.75) is 25.2 Å². The Morgan fingerprint density at radius 2 is 1.77 bits per heavy atom. The van der Waals surface area contributed by atoms with Gasteiger partial charge in [-0.1, -0.05) is 45.7 Å². The lowest BCUT2D eigenvalue weighted by atomic mass is 9.89. The molecule has 0 saturated carbocycles. The first-order valence-electron chi connectivity index (χ1n) is 12.9. The third-order valence-electron chi connectivity index (χ3n) is 7.40. The third-order valence-corrected chi connectivity index (χ3v) is 8.08. The second kappa shape index (κ2) is 11.8. The molecule has 1 atom stereocenters. The number of hydrogen-bond donors (Lipinski definition) is 1. The number of carbonyl (C=O) groups excluding carboxylic acids is 3. The number of carbonyl (C=O) groups is 3. The molecule has 2 aliphatic rings. The van der Waals surface area contributed by atoms with Gasteiger partial charge in [-0.15, -0.1) is 0 Å². The van der Waals surface area contributed by atoms with Crippen LogP contribution in [0.4, 0.5) is 11.4 Å². The normalized spacial score (nSPS) is 17.8. The molecule has 0 spiro atoms. The largest absolute Gasteiger partial charge is 0.497 e. The average Bonchev–Trinajstić information content (AvgIpc) is 3.34. The lowest BCUT2D eigenvalue weighted by Gasteiger charge is -2.32. The molecule has 1 unspecified atom stereocenters. The van der Waals surface area contributed by atoms with Crippen molar-refractivity contribution in [1.82, 2.24) is 4.90 Å². The summed E-state index contributed by atoms with van der Waals surface area (Å²) in [6.45, 7) is 1.68. The molecule has 0 aliphatic carbocycles. The van der Waals surface area contributed by atoms with Crippen molar-refractivity contribution in [3.8, 4) is 5.75 Å². The third kappa shape index (κ3) is 6.28. The fraction of sp³-hybridized carbons (Fsp3) is 0.300. The standard InChI is InChI=1S/C30H29BrClN3O4/c1-39-27-4-2-3-26(17-27)35-18-22(15-28(35)36)29(37)33-25-7-5-19(6-8-25)20-9-11-34(12-10-20)30(38)21-13-23(31)16-24(32)14-21/h2-8,13-14,16-17,20,22H,9-12,15,18H2,1H3,(H,33,37). The average molecular weight is 611 g/mol. The van der Waals surface area contributed by atoms with Crippen LogP contribution in [0.2, 0.25) is 5.02 Å². The maximum absolute atomic E-state index is 12.9.